The molecule has 5 aromatic rings. The molecule has 3 aromatic carbocycles. The topological polar surface area (TPSA) is 51.1 Å². The highest BCUT2D eigenvalue weighted by molar-refractivity contribution is 7.98. The zero-order valence-corrected chi connectivity index (χ0v) is 24.1. The van der Waals surface area contributed by atoms with Crippen LogP contribution >= 0.6 is 23.4 Å². The van der Waals surface area contributed by atoms with Crippen molar-refractivity contribution in [1.29, 1.82) is 0 Å². The average Bonchev–Trinajstić information content (AvgIpc) is 3.53. The molecule has 0 radical (unpaired) electrons. The second-order valence-electron chi connectivity index (χ2n) is 10.9. The molecule has 2 fully saturated rings. The van der Waals surface area contributed by atoms with Gasteiger partial charge in [-0.25, -0.2) is 13.2 Å². The maximum atomic E-state index is 16.4. The molecule has 214 valence electrons. The van der Waals surface area contributed by atoms with Gasteiger partial charge in [-0.1, -0.05) is 66.2 Å². The summed E-state index contributed by atoms with van der Waals surface area (Å²) in [5, 5.41) is 1.89. The highest BCUT2D eigenvalue weighted by atomic mass is 35.5. The molecule has 42 heavy (non-hydrogen) atoms. The molecule has 0 unspecified atom stereocenters. The van der Waals surface area contributed by atoms with Crippen LogP contribution in [0.5, 0.6) is 6.01 Å². The lowest BCUT2D eigenvalue weighted by Gasteiger charge is -2.30. The van der Waals surface area contributed by atoms with E-state index in [1.165, 1.54) is 17.8 Å². The van der Waals surface area contributed by atoms with Gasteiger partial charge in [0, 0.05) is 35.9 Å². The highest BCUT2D eigenvalue weighted by Gasteiger charge is 2.49. The third-order valence-electron chi connectivity index (χ3n) is 8.27. The summed E-state index contributed by atoms with van der Waals surface area (Å²) < 4.78 is 51.4. The van der Waals surface area contributed by atoms with E-state index in [1.807, 2.05) is 30.3 Å². The van der Waals surface area contributed by atoms with E-state index in [0.717, 1.165) is 24.9 Å². The number of halogens is 4. The van der Waals surface area contributed by atoms with Crippen LogP contribution in [0.1, 0.15) is 24.8 Å². The van der Waals surface area contributed by atoms with Gasteiger partial charge in [-0.15, -0.1) is 11.8 Å². The van der Waals surface area contributed by atoms with Crippen molar-refractivity contribution >= 4 is 45.0 Å². The fraction of sp³-hybridized carbons (Fsp3) is 0.281. The van der Waals surface area contributed by atoms with E-state index in [2.05, 4.69) is 19.9 Å². The van der Waals surface area contributed by atoms with Gasteiger partial charge in [-0.3, -0.25) is 9.88 Å². The molecule has 0 saturated carbocycles. The molecule has 0 N–H and O–H groups in total. The molecule has 4 heterocycles. The molecule has 2 aliphatic rings. The van der Waals surface area contributed by atoms with Crippen molar-refractivity contribution in [2.45, 2.75) is 41.8 Å². The van der Waals surface area contributed by atoms with Gasteiger partial charge in [0.2, 0.25) is 0 Å². The van der Waals surface area contributed by atoms with Crippen molar-refractivity contribution in [2.75, 3.05) is 19.7 Å². The van der Waals surface area contributed by atoms with Crippen LogP contribution in [0.4, 0.5) is 13.2 Å². The molecule has 7 rings (SSSR count). The number of thioether (sulfide) groups is 1. The van der Waals surface area contributed by atoms with Gasteiger partial charge in [0.25, 0.3) is 0 Å². The predicted molar refractivity (Wildman–Crippen MR) is 160 cm³/mol. The highest BCUT2D eigenvalue weighted by Crippen LogP contribution is 2.41. The molecule has 0 aliphatic carbocycles. The molecule has 2 atom stereocenters. The molecule has 0 amide bonds. The molecule has 10 heteroatoms. The summed E-state index contributed by atoms with van der Waals surface area (Å²) in [5.41, 5.74) is 1.08. The monoisotopic (exact) mass is 606 g/mol. The van der Waals surface area contributed by atoms with Gasteiger partial charge in [0.05, 0.1) is 15.9 Å². The van der Waals surface area contributed by atoms with Crippen molar-refractivity contribution in [3.8, 4) is 17.3 Å². The van der Waals surface area contributed by atoms with Gasteiger partial charge in [-0.2, -0.15) is 9.97 Å². The van der Waals surface area contributed by atoms with Crippen molar-refractivity contribution in [3.05, 3.63) is 89.1 Å². The number of pyridine rings is 1. The Labute approximate surface area is 250 Å². The molecule has 2 saturated heterocycles. The van der Waals surface area contributed by atoms with Crippen LogP contribution < -0.4 is 4.74 Å². The largest absolute Gasteiger partial charge is 0.461 e. The van der Waals surface area contributed by atoms with Crippen LogP contribution in [0.2, 0.25) is 5.02 Å². The number of ether oxygens (including phenoxy) is 1. The van der Waals surface area contributed by atoms with E-state index in [0.29, 0.717) is 45.5 Å². The van der Waals surface area contributed by atoms with Gasteiger partial charge < -0.3 is 4.74 Å². The Balaban J connectivity index is 1.32. The summed E-state index contributed by atoms with van der Waals surface area (Å²) >= 11 is 7.79. The first-order valence-corrected chi connectivity index (χ1v) is 15.2. The van der Waals surface area contributed by atoms with E-state index in [-0.39, 0.29) is 28.9 Å². The smallest absolute Gasteiger partial charge is 0.318 e. The third kappa shape index (κ3) is 4.87. The minimum absolute atomic E-state index is 0.000820. The van der Waals surface area contributed by atoms with Crippen molar-refractivity contribution < 1.29 is 17.9 Å². The summed E-state index contributed by atoms with van der Waals surface area (Å²) in [6.45, 7) is 1.45. The summed E-state index contributed by atoms with van der Waals surface area (Å²) in [7, 11) is 0. The van der Waals surface area contributed by atoms with Gasteiger partial charge in [0.15, 0.2) is 5.82 Å². The lowest BCUT2D eigenvalue weighted by Crippen LogP contribution is -2.43. The molecule has 2 aromatic heterocycles. The maximum absolute atomic E-state index is 16.4. The first-order chi connectivity index (χ1) is 20.4. The molecule has 2 aliphatic heterocycles. The van der Waals surface area contributed by atoms with E-state index >= 15 is 4.39 Å². The normalized spacial score (nSPS) is 20.4. The Morgan fingerprint density at radius 3 is 2.76 bits per heavy atom. The van der Waals surface area contributed by atoms with Crippen LogP contribution in [-0.4, -0.2) is 51.3 Å². The van der Waals surface area contributed by atoms with Crippen LogP contribution in [0.25, 0.3) is 32.9 Å². The summed E-state index contributed by atoms with van der Waals surface area (Å²) in [4.78, 5) is 15.8. The molecule has 0 spiro atoms. The van der Waals surface area contributed by atoms with E-state index in [1.54, 1.807) is 30.5 Å². The Kier molecular flexibility index (Phi) is 7.20. The fourth-order valence-electron chi connectivity index (χ4n) is 6.25. The lowest BCUT2D eigenvalue weighted by molar-refractivity contribution is 0.107. The lowest BCUT2D eigenvalue weighted by atomic mass is 9.95. The fourth-order valence-corrected chi connectivity index (χ4v) is 7.47. The zero-order valence-electron chi connectivity index (χ0n) is 22.5. The third-order valence-corrected chi connectivity index (χ3v) is 9.70. The average molecular weight is 607 g/mol. The second-order valence-corrected chi connectivity index (χ2v) is 12.2. The molecular weight excluding hydrogens is 581 g/mol. The maximum Gasteiger partial charge on any atom is 0.318 e. The first-order valence-electron chi connectivity index (χ1n) is 13.8. The standard InChI is InChI=1S/C32H26ClF3N4OS/c33-26-24(35)11-10-20-8-4-9-22(25(20)26)28-27(36)29-23(15-37-28)30(42-17-19-6-2-1-3-7-19)39-31(38-29)41-18-32-12-5-13-40(32)16-21(34)14-32/h1-4,6-11,15,21H,5,12-14,16-18H2/t21-,32-/m1/s1. The molecular formula is C32H26ClF3N4OS. The van der Waals surface area contributed by atoms with E-state index in [9.17, 15) is 8.78 Å². The number of fused-ring (bicyclic) bond motifs is 3. The number of nitrogens with zero attached hydrogens (tertiary/aromatic N) is 4. The van der Waals surface area contributed by atoms with E-state index in [4.69, 9.17) is 16.3 Å². The van der Waals surface area contributed by atoms with Gasteiger partial charge in [0.1, 0.15) is 34.8 Å². The summed E-state index contributed by atoms with van der Waals surface area (Å²) in [5.74, 6) is -0.687. The Hall–Kier alpha value is -3.40. The molecule has 5 nitrogen and oxygen atoms in total. The van der Waals surface area contributed by atoms with Gasteiger partial charge in [-0.05, 0) is 36.4 Å². The van der Waals surface area contributed by atoms with Crippen LogP contribution in [0.15, 0.2) is 71.9 Å². The number of hydrogen-bond acceptors (Lipinski definition) is 6. The minimum atomic E-state index is -0.896. The van der Waals surface area contributed by atoms with Crippen molar-refractivity contribution in [3.63, 3.8) is 0 Å². The molecule has 0 bridgehead atoms. The predicted octanol–water partition coefficient (Wildman–Crippen LogP) is 8.02. The Morgan fingerprint density at radius 2 is 1.90 bits per heavy atom. The summed E-state index contributed by atoms with van der Waals surface area (Å²) in [6.07, 6.45) is 2.85. The van der Waals surface area contributed by atoms with Crippen molar-refractivity contribution in [2.24, 2.45) is 0 Å². The first kappa shape index (κ1) is 27.4. The van der Waals surface area contributed by atoms with E-state index < -0.39 is 23.3 Å². The Morgan fingerprint density at radius 1 is 1.05 bits per heavy atom. The number of hydrogen-bond donors (Lipinski definition) is 0. The number of aromatic nitrogens is 3. The zero-order chi connectivity index (χ0) is 28.8. The summed E-state index contributed by atoms with van der Waals surface area (Å²) in [6, 6.07) is 18.0. The number of rotatable bonds is 7. The number of alkyl halides is 1. The van der Waals surface area contributed by atoms with Gasteiger partial charge >= 0.3 is 6.01 Å². The quantitative estimate of drug-likeness (QED) is 0.138. The van der Waals surface area contributed by atoms with Crippen LogP contribution in [0.3, 0.4) is 0 Å². The minimum Gasteiger partial charge on any atom is -0.461 e. The van der Waals surface area contributed by atoms with Crippen LogP contribution in [0, 0.1) is 11.6 Å². The SMILES string of the molecule is Fc1ccc2cccc(-c3ncc4c(SCc5ccccc5)nc(OC[C@]56CCCN5C[C@H](F)C6)nc4c3F)c2c1Cl. The van der Waals surface area contributed by atoms with Crippen LogP contribution in [-0.2, 0) is 5.75 Å². The number of benzene rings is 3. The Bertz CT molecular complexity index is 1810. The second kappa shape index (κ2) is 11.0. The van der Waals surface area contributed by atoms with Crippen molar-refractivity contribution in [1.82, 2.24) is 19.9 Å².